The summed E-state index contributed by atoms with van der Waals surface area (Å²) >= 11 is 3.13. The van der Waals surface area contributed by atoms with Crippen LogP contribution < -0.4 is 5.32 Å². The van der Waals surface area contributed by atoms with Crippen LogP contribution in [0, 0.1) is 12.8 Å². The van der Waals surface area contributed by atoms with Crippen LogP contribution in [0.3, 0.4) is 0 Å². The van der Waals surface area contributed by atoms with Gasteiger partial charge in [-0.2, -0.15) is 0 Å². The van der Waals surface area contributed by atoms with E-state index in [1.807, 2.05) is 12.3 Å². The Kier molecular flexibility index (Phi) is 3.85. The van der Waals surface area contributed by atoms with Crippen molar-refractivity contribution in [1.82, 2.24) is 10.2 Å². The third kappa shape index (κ3) is 2.62. The van der Waals surface area contributed by atoms with Crippen LogP contribution in [-0.4, -0.2) is 16.1 Å². The Morgan fingerprint density at radius 2 is 2.35 bits per heavy atom. The van der Waals surface area contributed by atoms with E-state index in [0.29, 0.717) is 5.13 Å². The number of nitrogens with zero attached hydrogens (tertiary/aromatic N) is 2. The summed E-state index contributed by atoms with van der Waals surface area (Å²) in [4.78, 5) is 13.7. The number of aromatic nitrogens is 2. The number of hydrogen-bond donors (Lipinski definition) is 1. The number of amides is 1. The van der Waals surface area contributed by atoms with E-state index in [0.717, 1.165) is 29.3 Å². The number of hydrogen-bond acceptors (Lipinski definition) is 5. The van der Waals surface area contributed by atoms with Crippen LogP contribution >= 0.6 is 22.7 Å². The van der Waals surface area contributed by atoms with E-state index < -0.39 is 0 Å². The molecule has 1 atom stereocenters. The Bertz CT molecular complexity index is 632. The fourth-order valence-electron chi connectivity index (χ4n) is 2.63. The van der Waals surface area contributed by atoms with E-state index in [-0.39, 0.29) is 5.91 Å². The molecule has 106 valence electrons. The summed E-state index contributed by atoms with van der Waals surface area (Å²) in [5.74, 6) is 0.733. The van der Waals surface area contributed by atoms with Crippen molar-refractivity contribution in [2.75, 3.05) is 5.32 Å². The second-order valence-electron chi connectivity index (χ2n) is 5.15. The maximum atomic E-state index is 12.3. The molecular weight excluding hydrogens is 290 g/mol. The molecule has 0 fully saturated rings. The topological polar surface area (TPSA) is 54.9 Å². The van der Waals surface area contributed by atoms with Gasteiger partial charge in [-0.25, -0.2) is 0 Å². The average Bonchev–Trinajstić information content (AvgIpc) is 3.04. The molecule has 0 bridgehead atoms. The van der Waals surface area contributed by atoms with Crippen molar-refractivity contribution in [3.63, 3.8) is 0 Å². The van der Waals surface area contributed by atoms with Crippen LogP contribution in [0.25, 0.3) is 0 Å². The van der Waals surface area contributed by atoms with E-state index in [1.165, 1.54) is 34.6 Å². The van der Waals surface area contributed by atoms with Crippen LogP contribution in [0.15, 0.2) is 5.38 Å². The molecule has 1 aliphatic carbocycles. The second kappa shape index (κ2) is 5.61. The van der Waals surface area contributed by atoms with Crippen LogP contribution in [0.2, 0.25) is 0 Å². The van der Waals surface area contributed by atoms with Gasteiger partial charge in [0.1, 0.15) is 5.01 Å². The number of carbonyl (C=O) groups excluding carboxylic acids is 1. The number of anilines is 1. The number of thiophene rings is 1. The minimum Gasteiger partial charge on any atom is -0.296 e. The third-order valence-corrected chi connectivity index (χ3v) is 5.63. The summed E-state index contributed by atoms with van der Waals surface area (Å²) in [6, 6.07) is 0. The number of aryl methyl sites for hydroxylation is 1. The minimum absolute atomic E-state index is 0.0476. The van der Waals surface area contributed by atoms with Gasteiger partial charge in [-0.05, 0) is 37.7 Å². The Balaban J connectivity index is 1.78. The molecule has 4 nitrogen and oxygen atoms in total. The summed E-state index contributed by atoms with van der Waals surface area (Å²) in [6.07, 6.45) is 4.57. The molecule has 1 unspecified atom stereocenters. The minimum atomic E-state index is -0.0476. The lowest BCUT2D eigenvalue weighted by Gasteiger charge is -2.21. The molecule has 2 aromatic rings. The summed E-state index contributed by atoms with van der Waals surface area (Å²) in [5, 5.41) is 14.1. The Morgan fingerprint density at radius 1 is 1.50 bits per heavy atom. The number of fused-ring (bicyclic) bond motifs is 1. The van der Waals surface area contributed by atoms with Gasteiger partial charge in [0, 0.05) is 10.3 Å². The van der Waals surface area contributed by atoms with Gasteiger partial charge >= 0.3 is 0 Å². The molecule has 3 rings (SSSR count). The summed E-state index contributed by atoms with van der Waals surface area (Å²) < 4.78 is 0. The third-order valence-electron chi connectivity index (χ3n) is 3.83. The molecule has 2 aromatic heterocycles. The molecule has 20 heavy (non-hydrogen) atoms. The predicted molar refractivity (Wildman–Crippen MR) is 82.7 cm³/mol. The van der Waals surface area contributed by atoms with Crippen LogP contribution in [0.1, 0.15) is 45.6 Å². The number of carbonyl (C=O) groups is 1. The van der Waals surface area contributed by atoms with E-state index in [4.69, 9.17) is 0 Å². The van der Waals surface area contributed by atoms with E-state index >= 15 is 0 Å². The standard InChI is InChI=1S/C14H17N3OS2/c1-3-9-4-5-10-11(7-19-12(10)6-9)13(18)15-14-17-16-8(2)20-14/h7,9H,3-6H2,1-2H3,(H,15,17,18). The maximum absolute atomic E-state index is 12.3. The fraction of sp³-hybridized carbons (Fsp3) is 0.500. The second-order valence-corrected chi connectivity index (χ2v) is 7.29. The van der Waals surface area contributed by atoms with Gasteiger partial charge in [-0.3, -0.25) is 10.1 Å². The van der Waals surface area contributed by atoms with E-state index in [2.05, 4.69) is 22.4 Å². The highest BCUT2D eigenvalue weighted by Crippen LogP contribution is 2.34. The van der Waals surface area contributed by atoms with Crippen LogP contribution in [0.4, 0.5) is 5.13 Å². The van der Waals surface area contributed by atoms with Crippen molar-refractivity contribution >= 4 is 33.7 Å². The van der Waals surface area contributed by atoms with Gasteiger partial charge in [0.25, 0.3) is 5.91 Å². The summed E-state index contributed by atoms with van der Waals surface area (Å²) in [6.45, 7) is 4.12. The smallest absolute Gasteiger partial charge is 0.258 e. The molecule has 0 radical (unpaired) electrons. The first-order valence-electron chi connectivity index (χ1n) is 6.88. The largest absolute Gasteiger partial charge is 0.296 e. The zero-order valence-corrected chi connectivity index (χ0v) is 13.2. The van der Waals surface area contributed by atoms with Crippen molar-refractivity contribution in [1.29, 1.82) is 0 Å². The lowest BCUT2D eigenvalue weighted by molar-refractivity contribution is 0.102. The average molecular weight is 307 g/mol. The Morgan fingerprint density at radius 3 is 3.05 bits per heavy atom. The molecule has 0 aliphatic heterocycles. The van der Waals surface area contributed by atoms with Gasteiger partial charge in [-0.15, -0.1) is 21.5 Å². The van der Waals surface area contributed by atoms with Crippen LogP contribution in [0.5, 0.6) is 0 Å². The molecule has 1 N–H and O–H groups in total. The number of nitrogens with one attached hydrogen (secondary N) is 1. The highest BCUT2D eigenvalue weighted by atomic mass is 32.1. The van der Waals surface area contributed by atoms with Gasteiger partial charge in [0.15, 0.2) is 0 Å². The lowest BCUT2D eigenvalue weighted by atomic mass is 9.86. The SMILES string of the molecule is CCC1CCc2c(C(=O)Nc3nnc(C)s3)csc2C1. The zero-order chi connectivity index (χ0) is 14.1. The zero-order valence-electron chi connectivity index (χ0n) is 11.6. The summed E-state index contributed by atoms with van der Waals surface area (Å²) in [5.41, 5.74) is 2.07. The Labute approximate surface area is 126 Å². The molecule has 1 aliphatic rings. The fourth-order valence-corrected chi connectivity index (χ4v) is 4.41. The Hall–Kier alpha value is -1.27. The first-order valence-corrected chi connectivity index (χ1v) is 8.57. The van der Waals surface area contributed by atoms with E-state index in [9.17, 15) is 4.79 Å². The summed E-state index contributed by atoms with van der Waals surface area (Å²) in [7, 11) is 0. The first-order chi connectivity index (χ1) is 9.67. The molecule has 6 heteroatoms. The maximum Gasteiger partial charge on any atom is 0.258 e. The molecule has 0 saturated carbocycles. The van der Waals surface area contributed by atoms with Gasteiger partial charge in [-0.1, -0.05) is 24.7 Å². The predicted octanol–water partition coefficient (Wildman–Crippen LogP) is 3.68. The highest BCUT2D eigenvalue weighted by molar-refractivity contribution is 7.15. The normalized spacial score (nSPS) is 17.8. The van der Waals surface area contributed by atoms with Gasteiger partial charge in [0.2, 0.25) is 5.13 Å². The first kappa shape index (κ1) is 13.7. The molecule has 0 saturated heterocycles. The lowest BCUT2D eigenvalue weighted by Crippen LogP contribution is -2.17. The monoisotopic (exact) mass is 307 g/mol. The van der Waals surface area contributed by atoms with Crippen molar-refractivity contribution in [3.05, 3.63) is 26.4 Å². The molecule has 0 aromatic carbocycles. The van der Waals surface area contributed by atoms with Crippen molar-refractivity contribution < 1.29 is 4.79 Å². The molecule has 1 amide bonds. The van der Waals surface area contributed by atoms with Crippen molar-refractivity contribution in [3.8, 4) is 0 Å². The number of rotatable bonds is 3. The quantitative estimate of drug-likeness (QED) is 0.941. The van der Waals surface area contributed by atoms with Gasteiger partial charge < -0.3 is 0 Å². The van der Waals surface area contributed by atoms with Crippen LogP contribution in [-0.2, 0) is 12.8 Å². The molecule has 0 spiro atoms. The van der Waals surface area contributed by atoms with Crippen molar-refractivity contribution in [2.24, 2.45) is 5.92 Å². The molecular formula is C14H17N3OS2. The molecule has 2 heterocycles. The van der Waals surface area contributed by atoms with Crippen molar-refractivity contribution in [2.45, 2.75) is 39.5 Å². The highest BCUT2D eigenvalue weighted by Gasteiger charge is 2.24. The van der Waals surface area contributed by atoms with E-state index in [1.54, 1.807) is 11.3 Å². The van der Waals surface area contributed by atoms with Gasteiger partial charge in [0.05, 0.1) is 5.56 Å².